The summed E-state index contributed by atoms with van der Waals surface area (Å²) in [6, 6.07) is 9.47. The van der Waals surface area contributed by atoms with E-state index < -0.39 is 39.9 Å². The van der Waals surface area contributed by atoms with Crippen molar-refractivity contribution in [1.82, 2.24) is 5.43 Å². The first-order chi connectivity index (χ1) is 13.9. The first-order valence-corrected chi connectivity index (χ1v) is 11.7. The van der Waals surface area contributed by atoms with Gasteiger partial charge >= 0.3 is 6.18 Å². The van der Waals surface area contributed by atoms with Crippen LogP contribution in [0.4, 0.5) is 18.9 Å². The van der Waals surface area contributed by atoms with Gasteiger partial charge in [-0.2, -0.15) is 18.3 Å². The Balaban J connectivity index is 2.19. The molecular weight excluding hydrogens is 463 g/mol. The normalized spacial score (nSPS) is 12.2. The van der Waals surface area contributed by atoms with E-state index in [1.54, 1.807) is 23.9 Å². The van der Waals surface area contributed by atoms with Gasteiger partial charge in [0.1, 0.15) is 6.54 Å². The van der Waals surface area contributed by atoms with Crippen LogP contribution in [0.15, 0.2) is 52.5 Å². The molecule has 2 aromatic carbocycles. The zero-order valence-corrected chi connectivity index (χ0v) is 18.2. The van der Waals surface area contributed by atoms with Crippen LogP contribution in [0.2, 0.25) is 5.02 Å². The molecule has 0 spiro atoms. The average molecular weight is 480 g/mol. The van der Waals surface area contributed by atoms with Crippen LogP contribution in [-0.2, 0) is 21.0 Å². The topological polar surface area (TPSA) is 78.8 Å². The number of hydrogen-bond acceptors (Lipinski definition) is 5. The number of halogens is 4. The number of hydrazone groups is 1. The van der Waals surface area contributed by atoms with Crippen LogP contribution in [0, 0.1) is 0 Å². The molecule has 0 aliphatic heterocycles. The van der Waals surface area contributed by atoms with Crippen molar-refractivity contribution < 1.29 is 26.4 Å². The number of hydrogen-bond donors (Lipinski definition) is 1. The smallest absolute Gasteiger partial charge is 0.271 e. The van der Waals surface area contributed by atoms with Gasteiger partial charge in [-0.1, -0.05) is 23.7 Å². The highest BCUT2D eigenvalue weighted by Gasteiger charge is 2.33. The van der Waals surface area contributed by atoms with Crippen LogP contribution in [0.5, 0.6) is 0 Å². The van der Waals surface area contributed by atoms with Crippen molar-refractivity contribution in [3.8, 4) is 0 Å². The molecule has 0 aliphatic rings. The van der Waals surface area contributed by atoms with Crippen LogP contribution in [0.1, 0.15) is 11.1 Å². The molecule has 0 radical (unpaired) electrons. The van der Waals surface area contributed by atoms with Crippen molar-refractivity contribution in [3.05, 3.63) is 58.6 Å². The highest BCUT2D eigenvalue weighted by molar-refractivity contribution is 7.98. The fourth-order valence-corrected chi connectivity index (χ4v) is 3.83. The second kappa shape index (κ2) is 9.71. The number of carbonyl (C=O) groups is 1. The molecule has 0 fully saturated rings. The summed E-state index contributed by atoms with van der Waals surface area (Å²) in [6.45, 7) is -0.803. The molecule has 0 saturated heterocycles. The lowest BCUT2D eigenvalue weighted by Crippen LogP contribution is -2.39. The van der Waals surface area contributed by atoms with Gasteiger partial charge in [0.25, 0.3) is 5.91 Å². The number of nitrogens with zero attached hydrogens (tertiary/aromatic N) is 2. The van der Waals surface area contributed by atoms with Gasteiger partial charge in [-0.25, -0.2) is 13.8 Å². The minimum absolute atomic E-state index is 0.251. The van der Waals surface area contributed by atoms with Gasteiger partial charge in [0.2, 0.25) is 10.0 Å². The highest BCUT2D eigenvalue weighted by atomic mass is 35.5. The third-order valence-electron chi connectivity index (χ3n) is 3.75. The van der Waals surface area contributed by atoms with E-state index >= 15 is 0 Å². The zero-order chi connectivity index (χ0) is 22.5. The van der Waals surface area contributed by atoms with Crippen molar-refractivity contribution >= 4 is 51.2 Å². The Kier molecular flexibility index (Phi) is 7.78. The minimum Gasteiger partial charge on any atom is -0.271 e. The van der Waals surface area contributed by atoms with Gasteiger partial charge < -0.3 is 0 Å². The number of sulfonamides is 1. The fourth-order valence-electron chi connectivity index (χ4n) is 2.30. The summed E-state index contributed by atoms with van der Waals surface area (Å²) in [7, 11) is -4.12. The van der Waals surface area contributed by atoms with E-state index in [-0.39, 0.29) is 5.02 Å². The SMILES string of the molecule is CSc1ccc(/C=N/NC(=O)CN(c2cc(C(F)(F)F)ccc2Cl)S(C)(=O)=O)cc1. The van der Waals surface area contributed by atoms with Gasteiger partial charge in [-0.3, -0.25) is 9.10 Å². The molecule has 0 unspecified atom stereocenters. The van der Waals surface area contributed by atoms with Gasteiger partial charge in [0, 0.05) is 4.90 Å². The Labute approximate surface area is 181 Å². The van der Waals surface area contributed by atoms with E-state index in [4.69, 9.17) is 11.6 Å². The standard InChI is InChI=1S/C18H17ClF3N3O3S2/c1-29-14-6-3-12(4-7-14)10-23-24-17(26)11-25(30(2,27)28)16-9-13(18(20,21)22)5-8-15(16)19/h3-10H,11H2,1-2H3,(H,24,26)/b23-10+. The molecule has 0 aliphatic carbocycles. The van der Waals surface area contributed by atoms with Crippen molar-refractivity contribution in [2.24, 2.45) is 5.10 Å². The molecule has 0 bridgehead atoms. The van der Waals surface area contributed by atoms with E-state index in [1.807, 2.05) is 18.4 Å². The second-order valence-corrected chi connectivity index (χ2v) is 9.19. The van der Waals surface area contributed by atoms with Crippen LogP contribution in [-0.4, -0.2) is 39.6 Å². The average Bonchev–Trinajstić information content (AvgIpc) is 2.65. The predicted molar refractivity (Wildman–Crippen MR) is 113 cm³/mol. The number of benzene rings is 2. The minimum atomic E-state index is -4.71. The quantitative estimate of drug-likeness (QED) is 0.370. The molecule has 2 rings (SSSR count). The molecular formula is C18H17ClF3N3O3S2. The number of carbonyl (C=O) groups excluding carboxylic acids is 1. The van der Waals surface area contributed by atoms with E-state index in [2.05, 4.69) is 10.5 Å². The summed E-state index contributed by atoms with van der Waals surface area (Å²) in [6.07, 6.45) is -0.675. The molecule has 6 nitrogen and oxygen atoms in total. The lowest BCUT2D eigenvalue weighted by molar-refractivity contribution is -0.137. The Morgan fingerprint density at radius 1 is 1.23 bits per heavy atom. The van der Waals surface area contributed by atoms with Crippen molar-refractivity contribution in [3.63, 3.8) is 0 Å². The number of alkyl halides is 3. The highest BCUT2D eigenvalue weighted by Crippen LogP contribution is 2.36. The third kappa shape index (κ3) is 6.64. The van der Waals surface area contributed by atoms with Crippen LogP contribution in [0.25, 0.3) is 0 Å². The Morgan fingerprint density at radius 3 is 2.40 bits per heavy atom. The number of nitrogens with one attached hydrogen (secondary N) is 1. The Bertz CT molecular complexity index is 1040. The van der Waals surface area contributed by atoms with E-state index in [0.717, 1.165) is 23.3 Å². The number of anilines is 1. The fraction of sp³-hybridized carbons (Fsp3) is 0.222. The van der Waals surface area contributed by atoms with Crippen LogP contribution in [0.3, 0.4) is 0 Å². The van der Waals surface area contributed by atoms with Crippen LogP contribution < -0.4 is 9.73 Å². The summed E-state index contributed by atoms with van der Waals surface area (Å²) in [5, 5.41) is 3.49. The summed E-state index contributed by atoms with van der Waals surface area (Å²) >= 11 is 7.46. The summed E-state index contributed by atoms with van der Waals surface area (Å²) < 4.78 is 63.7. The number of thioether (sulfide) groups is 1. The van der Waals surface area contributed by atoms with Gasteiger partial charge in [0.15, 0.2) is 0 Å². The van der Waals surface area contributed by atoms with Crippen LogP contribution >= 0.6 is 23.4 Å². The maximum absolute atomic E-state index is 13.0. The second-order valence-electron chi connectivity index (χ2n) is 6.00. The van der Waals surface area contributed by atoms with Crippen molar-refractivity contribution in [1.29, 1.82) is 0 Å². The molecule has 2 aromatic rings. The molecule has 0 saturated carbocycles. The molecule has 12 heteroatoms. The predicted octanol–water partition coefficient (Wildman–Crippen LogP) is 4.00. The maximum atomic E-state index is 13.0. The van der Waals surface area contributed by atoms with Crippen molar-refractivity contribution in [2.45, 2.75) is 11.1 Å². The Hall–Kier alpha value is -2.24. The summed E-state index contributed by atoms with van der Waals surface area (Å²) in [5.74, 6) is -0.856. The van der Waals surface area contributed by atoms with E-state index in [9.17, 15) is 26.4 Å². The lowest BCUT2D eigenvalue weighted by atomic mass is 10.2. The number of amides is 1. The number of rotatable bonds is 7. The third-order valence-corrected chi connectivity index (χ3v) is 5.94. The maximum Gasteiger partial charge on any atom is 0.416 e. The molecule has 1 amide bonds. The first-order valence-electron chi connectivity index (χ1n) is 8.22. The van der Waals surface area contributed by atoms with Gasteiger partial charge in [-0.05, 0) is 42.2 Å². The van der Waals surface area contributed by atoms with E-state index in [1.165, 1.54) is 6.21 Å². The monoisotopic (exact) mass is 479 g/mol. The van der Waals surface area contributed by atoms with E-state index in [0.29, 0.717) is 15.9 Å². The van der Waals surface area contributed by atoms with Gasteiger partial charge in [0.05, 0.1) is 28.7 Å². The Morgan fingerprint density at radius 2 is 1.87 bits per heavy atom. The molecule has 1 N–H and O–H groups in total. The molecule has 30 heavy (non-hydrogen) atoms. The largest absolute Gasteiger partial charge is 0.416 e. The zero-order valence-electron chi connectivity index (χ0n) is 15.8. The molecule has 162 valence electrons. The molecule has 0 aromatic heterocycles. The lowest BCUT2D eigenvalue weighted by Gasteiger charge is -2.23. The van der Waals surface area contributed by atoms with Gasteiger partial charge in [-0.15, -0.1) is 11.8 Å². The summed E-state index contributed by atoms with van der Waals surface area (Å²) in [4.78, 5) is 13.2. The molecule has 0 heterocycles. The first kappa shape index (κ1) is 24.0. The summed E-state index contributed by atoms with van der Waals surface area (Å²) in [5.41, 5.74) is 1.29. The van der Waals surface area contributed by atoms with Crippen molar-refractivity contribution in [2.75, 3.05) is 23.4 Å². The molecule has 0 atom stereocenters.